The van der Waals surface area contributed by atoms with Crippen LogP contribution in [0.3, 0.4) is 0 Å². The van der Waals surface area contributed by atoms with Crippen molar-refractivity contribution in [3.8, 4) is 0 Å². The summed E-state index contributed by atoms with van der Waals surface area (Å²) in [5.74, 6) is 0.00556. The van der Waals surface area contributed by atoms with Crippen molar-refractivity contribution in [2.45, 2.75) is 13.3 Å². The first-order valence-corrected chi connectivity index (χ1v) is 5.77. The number of fused-ring (bicyclic) bond motifs is 1. The van der Waals surface area contributed by atoms with Crippen LogP contribution in [-0.4, -0.2) is 24.0 Å². The van der Waals surface area contributed by atoms with Gasteiger partial charge in [-0.2, -0.15) is 0 Å². The van der Waals surface area contributed by atoms with E-state index in [4.69, 9.17) is 4.74 Å². The molecule has 0 atom stereocenters. The molecule has 0 aliphatic carbocycles. The van der Waals surface area contributed by atoms with E-state index in [9.17, 15) is 4.79 Å². The van der Waals surface area contributed by atoms with Crippen LogP contribution in [0.5, 0.6) is 0 Å². The van der Waals surface area contributed by atoms with Crippen molar-refractivity contribution in [3.63, 3.8) is 0 Å². The highest BCUT2D eigenvalue weighted by Crippen LogP contribution is 2.13. The average Bonchev–Trinajstić information content (AvgIpc) is 2.38. The molecular weight excluding hydrogens is 214 g/mol. The fourth-order valence-electron chi connectivity index (χ4n) is 1.63. The number of benzene rings is 1. The topological polar surface area (TPSA) is 39.2 Å². The van der Waals surface area contributed by atoms with Crippen LogP contribution in [0, 0.1) is 0 Å². The van der Waals surface area contributed by atoms with Gasteiger partial charge in [-0.25, -0.2) is 0 Å². The Morgan fingerprint density at radius 3 is 3.06 bits per heavy atom. The van der Waals surface area contributed by atoms with E-state index in [1.165, 1.54) is 0 Å². The Balaban J connectivity index is 2.15. The number of ketones is 1. The second-order valence-corrected chi connectivity index (χ2v) is 3.89. The maximum absolute atomic E-state index is 11.8. The monoisotopic (exact) mass is 229 g/mol. The third kappa shape index (κ3) is 2.88. The van der Waals surface area contributed by atoms with Crippen molar-refractivity contribution >= 4 is 16.7 Å². The van der Waals surface area contributed by atoms with Gasteiger partial charge in [0.05, 0.1) is 5.52 Å². The van der Waals surface area contributed by atoms with E-state index in [-0.39, 0.29) is 12.4 Å². The summed E-state index contributed by atoms with van der Waals surface area (Å²) in [5.41, 5.74) is 1.50. The third-order valence-electron chi connectivity index (χ3n) is 2.51. The minimum absolute atomic E-state index is 0.00556. The number of Topliss-reactive ketones (excluding diaryl/α,β-unsaturated/α-hetero) is 1. The fourth-order valence-corrected chi connectivity index (χ4v) is 1.63. The molecule has 3 heteroatoms. The predicted octanol–water partition coefficient (Wildman–Crippen LogP) is 2.84. The first-order valence-electron chi connectivity index (χ1n) is 5.77. The van der Waals surface area contributed by atoms with E-state index in [0.29, 0.717) is 12.2 Å². The molecular formula is C14H15NO2. The van der Waals surface area contributed by atoms with Gasteiger partial charge in [0.15, 0.2) is 5.78 Å². The first kappa shape index (κ1) is 11.7. The van der Waals surface area contributed by atoms with Crippen LogP contribution >= 0.6 is 0 Å². The van der Waals surface area contributed by atoms with Crippen molar-refractivity contribution in [1.82, 2.24) is 4.98 Å². The van der Waals surface area contributed by atoms with Gasteiger partial charge in [0.1, 0.15) is 6.61 Å². The second kappa shape index (κ2) is 5.55. The molecule has 0 saturated heterocycles. The molecule has 0 fully saturated rings. The van der Waals surface area contributed by atoms with Gasteiger partial charge in [-0.1, -0.05) is 25.1 Å². The number of carbonyl (C=O) groups is 1. The minimum atomic E-state index is 0.00556. The van der Waals surface area contributed by atoms with Gasteiger partial charge < -0.3 is 4.74 Å². The maximum Gasteiger partial charge on any atom is 0.188 e. The molecule has 0 bridgehead atoms. The summed E-state index contributed by atoms with van der Waals surface area (Å²) in [5, 5.41) is 1.04. The zero-order chi connectivity index (χ0) is 12.1. The van der Waals surface area contributed by atoms with Gasteiger partial charge in [0, 0.05) is 23.8 Å². The van der Waals surface area contributed by atoms with Crippen molar-refractivity contribution in [3.05, 3.63) is 42.1 Å². The van der Waals surface area contributed by atoms with Gasteiger partial charge in [-0.3, -0.25) is 9.78 Å². The predicted molar refractivity (Wildman–Crippen MR) is 67.2 cm³/mol. The highest BCUT2D eigenvalue weighted by atomic mass is 16.5. The van der Waals surface area contributed by atoms with Gasteiger partial charge in [-0.15, -0.1) is 0 Å². The van der Waals surface area contributed by atoms with Crippen LogP contribution in [0.25, 0.3) is 10.9 Å². The lowest BCUT2D eigenvalue weighted by Gasteiger charge is -2.03. The molecule has 0 aliphatic heterocycles. The molecule has 0 N–H and O–H groups in total. The molecule has 1 heterocycles. The number of ether oxygens (including phenoxy) is 1. The number of carbonyl (C=O) groups excluding carboxylic acids is 1. The Hall–Kier alpha value is -1.74. The van der Waals surface area contributed by atoms with E-state index >= 15 is 0 Å². The quantitative estimate of drug-likeness (QED) is 0.584. The number of aromatic nitrogens is 1. The Morgan fingerprint density at radius 2 is 2.24 bits per heavy atom. The normalized spacial score (nSPS) is 10.6. The highest BCUT2D eigenvalue weighted by Gasteiger charge is 2.06. The molecule has 88 valence electrons. The van der Waals surface area contributed by atoms with Gasteiger partial charge in [0.25, 0.3) is 0 Å². The zero-order valence-electron chi connectivity index (χ0n) is 9.85. The van der Waals surface area contributed by atoms with Gasteiger partial charge >= 0.3 is 0 Å². The number of pyridine rings is 1. The summed E-state index contributed by atoms with van der Waals surface area (Å²) in [6.45, 7) is 2.79. The number of hydrogen-bond donors (Lipinski definition) is 0. The molecule has 2 aromatic rings. The number of hydrogen-bond acceptors (Lipinski definition) is 3. The van der Waals surface area contributed by atoms with Crippen LogP contribution in [0.4, 0.5) is 0 Å². The molecule has 0 spiro atoms. The molecule has 2 rings (SSSR count). The Bertz CT molecular complexity index is 522. The maximum atomic E-state index is 11.8. The largest absolute Gasteiger partial charge is 0.373 e. The average molecular weight is 229 g/mol. The second-order valence-electron chi connectivity index (χ2n) is 3.89. The highest BCUT2D eigenvalue weighted by molar-refractivity contribution is 6.00. The minimum Gasteiger partial charge on any atom is -0.373 e. The molecule has 0 aliphatic rings. The summed E-state index contributed by atoms with van der Waals surface area (Å²) in [6.07, 6.45) is 2.65. The summed E-state index contributed by atoms with van der Waals surface area (Å²) in [7, 11) is 0. The summed E-state index contributed by atoms with van der Waals surface area (Å²) in [6, 6.07) is 9.41. The van der Waals surface area contributed by atoms with Crippen LogP contribution in [-0.2, 0) is 4.74 Å². The molecule has 1 aromatic heterocycles. The van der Waals surface area contributed by atoms with E-state index in [2.05, 4.69) is 4.98 Å². The third-order valence-corrected chi connectivity index (χ3v) is 2.51. The van der Waals surface area contributed by atoms with Crippen molar-refractivity contribution in [1.29, 1.82) is 0 Å². The van der Waals surface area contributed by atoms with Crippen LogP contribution in [0.1, 0.15) is 23.7 Å². The Morgan fingerprint density at radius 1 is 1.35 bits per heavy atom. The van der Waals surface area contributed by atoms with Crippen molar-refractivity contribution in [2.75, 3.05) is 13.2 Å². The first-order chi connectivity index (χ1) is 8.31. The lowest BCUT2D eigenvalue weighted by molar-refractivity contribution is 0.0761. The van der Waals surface area contributed by atoms with Crippen molar-refractivity contribution < 1.29 is 9.53 Å². The Kier molecular flexibility index (Phi) is 3.83. The number of nitrogens with zero attached hydrogens (tertiary/aromatic N) is 1. The van der Waals surface area contributed by atoms with E-state index in [0.717, 1.165) is 17.3 Å². The standard InChI is InChI=1S/C14H15NO2/c1-2-8-17-10-14(16)12-6-5-11-4-3-7-15-13(11)9-12/h3-7,9H,2,8,10H2,1H3. The molecule has 0 amide bonds. The smallest absolute Gasteiger partial charge is 0.188 e. The molecule has 1 aromatic carbocycles. The molecule has 17 heavy (non-hydrogen) atoms. The van der Waals surface area contributed by atoms with Gasteiger partial charge in [-0.05, 0) is 18.6 Å². The molecule has 3 nitrogen and oxygen atoms in total. The van der Waals surface area contributed by atoms with E-state index < -0.39 is 0 Å². The Labute approximate surface area is 100 Å². The van der Waals surface area contributed by atoms with Crippen LogP contribution in [0.2, 0.25) is 0 Å². The fraction of sp³-hybridized carbons (Fsp3) is 0.286. The number of rotatable bonds is 5. The summed E-state index contributed by atoms with van der Waals surface area (Å²) >= 11 is 0. The summed E-state index contributed by atoms with van der Waals surface area (Å²) in [4.78, 5) is 16.0. The lowest BCUT2D eigenvalue weighted by Crippen LogP contribution is -2.09. The SMILES string of the molecule is CCCOCC(=O)c1ccc2cccnc2c1. The van der Waals surface area contributed by atoms with Crippen LogP contribution < -0.4 is 0 Å². The van der Waals surface area contributed by atoms with Crippen molar-refractivity contribution in [2.24, 2.45) is 0 Å². The van der Waals surface area contributed by atoms with E-state index in [1.807, 2.05) is 37.3 Å². The molecule has 0 saturated carbocycles. The molecule has 0 radical (unpaired) electrons. The van der Waals surface area contributed by atoms with Gasteiger partial charge in [0.2, 0.25) is 0 Å². The zero-order valence-corrected chi connectivity index (χ0v) is 9.85. The van der Waals surface area contributed by atoms with E-state index in [1.54, 1.807) is 6.20 Å². The lowest BCUT2D eigenvalue weighted by atomic mass is 10.1. The molecule has 0 unspecified atom stereocenters. The summed E-state index contributed by atoms with van der Waals surface area (Å²) < 4.78 is 5.24. The van der Waals surface area contributed by atoms with Crippen LogP contribution in [0.15, 0.2) is 36.5 Å².